The molecule has 0 aliphatic rings. The summed E-state index contributed by atoms with van der Waals surface area (Å²) in [6, 6.07) is 0. The molecule has 1 aromatic heterocycles. The number of aldehydes is 1. The van der Waals surface area contributed by atoms with Crippen molar-refractivity contribution in [3.63, 3.8) is 0 Å². The van der Waals surface area contributed by atoms with E-state index < -0.39 is 5.97 Å². The van der Waals surface area contributed by atoms with E-state index in [9.17, 15) is 14.7 Å². The molecule has 0 unspecified atom stereocenters. The van der Waals surface area contributed by atoms with E-state index in [2.05, 4.69) is 13.8 Å². The summed E-state index contributed by atoms with van der Waals surface area (Å²) < 4.78 is 1.73. The first-order chi connectivity index (χ1) is 8.43. The Morgan fingerprint density at radius 3 is 2.44 bits per heavy atom. The predicted molar refractivity (Wildman–Crippen MR) is 70.3 cm³/mol. The van der Waals surface area contributed by atoms with Crippen LogP contribution in [0.4, 0.5) is 0 Å². The quantitative estimate of drug-likeness (QED) is 0.791. The van der Waals surface area contributed by atoms with Crippen molar-refractivity contribution in [2.75, 3.05) is 0 Å². The fourth-order valence-corrected chi connectivity index (χ4v) is 2.32. The fourth-order valence-electron chi connectivity index (χ4n) is 2.32. The lowest BCUT2D eigenvalue weighted by molar-refractivity contribution is 0.0692. The highest BCUT2D eigenvalue weighted by atomic mass is 16.4. The molecule has 0 atom stereocenters. The van der Waals surface area contributed by atoms with Gasteiger partial charge in [-0.15, -0.1) is 0 Å². The third-order valence-electron chi connectivity index (χ3n) is 3.31. The van der Waals surface area contributed by atoms with Crippen molar-refractivity contribution in [2.45, 2.75) is 40.0 Å². The summed E-state index contributed by atoms with van der Waals surface area (Å²) in [5.74, 6) is -0.460. The summed E-state index contributed by atoms with van der Waals surface area (Å²) in [6.07, 6.45) is 3.08. The molecule has 1 rings (SSSR count). The summed E-state index contributed by atoms with van der Waals surface area (Å²) in [4.78, 5) is 22.4. The second-order valence-electron chi connectivity index (χ2n) is 4.95. The van der Waals surface area contributed by atoms with E-state index in [1.165, 1.54) is 0 Å². The molecular formula is C14H21NO3. The van der Waals surface area contributed by atoms with Gasteiger partial charge in [0, 0.05) is 12.7 Å². The molecule has 100 valence electrons. The summed E-state index contributed by atoms with van der Waals surface area (Å²) in [6.45, 7) is 6.19. The zero-order valence-electron chi connectivity index (χ0n) is 11.5. The molecule has 0 aliphatic carbocycles. The number of aromatic carboxylic acids is 1. The number of hydrogen-bond donors (Lipinski definition) is 1. The lowest BCUT2D eigenvalue weighted by atomic mass is 10.0. The molecule has 0 aliphatic heterocycles. The lowest BCUT2D eigenvalue weighted by Gasteiger charge is -2.09. The van der Waals surface area contributed by atoms with Crippen molar-refractivity contribution in [3.8, 4) is 0 Å². The Morgan fingerprint density at radius 2 is 2.06 bits per heavy atom. The zero-order chi connectivity index (χ0) is 13.9. The minimum atomic E-state index is -1.01. The van der Waals surface area contributed by atoms with E-state index in [0.29, 0.717) is 18.6 Å². The average Bonchev–Trinajstić information content (AvgIpc) is 2.58. The Morgan fingerprint density at radius 1 is 1.44 bits per heavy atom. The molecule has 0 aromatic carbocycles. The molecule has 4 heteroatoms. The highest BCUT2D eigenvalue weighted by Gasteiger charge is 2.23. The summed E-state index contributed by atoms with van der Waals surface area (Å²) >= 11 is 0. The molecule has 1 aromatic rings. The first-order valence-electron chi connectivity index (χ1n) is 6.32. The van der Waals surface area contributed by atoms with Crippen LogP contribution in [0.1, 0.15) is 59.3 Å². The average molecular weight is 251 g/mol. The minimum Gasteiger partial charge on any atom is -0.478 e. The Bertz CT molecular complexity index is 458. The van der Waals surface area contributed by atoms with Crippen molar-refractivity contribution < 1.29 is 14.7 Å². The highest BCUT2D eigenvalue weighted by Crippen LogP contribution is 2.24. The van der Waals surface area contributed by atoms with Gasteiger partial charge < -0.3 is 9.67 Å². The highest BCUT2D eigenvalue weighted by molar-refractivity contribution is 5.98. The molecular weight excluding hydrogens is 230 g/mol. The van der Waals surface area contributed by atoms with E-state index in [-0.39, 0.29) is 11.3 Å². The molecule has 0 saturated heterocycles. The molecule has 0 radical (unpaired) electrons. The van der Waals surface area contributed by atoms with Crippen LogP contribution in [-0.2, 0) is 19.9 Å². The van der Waals surface area contributed by atoms with Gasteiger partial charge >= 0.3 is 5.97 Å². The van der Waals surface area contributed by atoms with Gasteiger partial charge in [0.05, 0.1) is 11.3 Å². The van der Waals surface area contributed by atoms with Crippen LogP contribution in [0.15, 0.2) is 0 Å². The number of carbonyl (C=O) groups excluding carboxylic acids is 1. The number of carboxylic acids is 1. The first-order valence-corrected chi connectivity index (χ1v) is 6.32. The number of nitrogens with zero attached hydrogens (tertiary/aromatic N) is 1. The van der Waals surface area contributed by atoms with Crippen LogP contribution in [0.2, 0.25) is 0 Å². The Hall–Kier alpha value is -1.58. The van der Waals surface area contributed by atoms with Gasteiger partial charge in [0.2, 0.25) is 0 Å². The molecule has 18 heavy (non-hydrogen) atoms. The van der Waals surface area contributed by atoms with Crippen molar-refractivity contribution in [3.05, 3.63) is 22.5 Å². The Balaban J connectivity index is 3.32. The smallest absolute Gasteiger partial charge is 0.338 e. The number of aromatic nitrogens is 1. The van der Waals surface area contributed by atoms with Crippen LogP contribution in [0, 0.1) is 5.92 Å². The second kappa shape index (κ2) is 5.85. The number of carbonyl (C=O) groups is 2. The molecule has 0 fully saturated rings. The van der Waals surface area contributed by atoms with Crippen molar-refractivity contribution in [1.82, 2.24) is 4.57 Å². The third-order valence-corrected chi connectivity index (χ3v) is 3.31. The van der Waals surface area contributed by atoms with Gasteiger partial charge in [0.1, 0.15) is 0 Å². The molecule has 0 saturated carbocycles. The van der Waals surface area contributed by atoms with Gasteiger partial charge in [-0.2, -0.15) is 0 Å². The van der Waals surface area contributed by atoms with Crippen LogP contribution in [0.3, 0.4) is 0 Å². The largest absolute Gasteiger partial charge is 0.478 e. The standard InChI is InChI=1S/C14H21NO3/c1-5-10-11(7-6-9(2)3)15(4)12(8-16)13(10)14(17)18/h8-9H,5-7H2,1-4H3,(H,17,18). The van der Waals surface area contributed by atoms with Crippen LogP contribution in [-0.4, -0.2) is 21.9 Å². The SMILES string of the molecule is CCc1c(C(=O)O)c(C=O)n(C)c1CCC(C)C. The van der Waals surface area contributed by atoms with Crippen LogP contribution < -0.4 is 0 Å². The maximum absolute atomic E-state index is 11.3. The monoisotopic (exact) mass is 251 g/mol. The predicted octanol–water partition coefficient (Wildman–Crippen LogP) is 2.69. The molecule has 0 amide bonds. The van der Waals surface area contributed by atoms with Gasteiger partial charge in [-0.1, -0.05) is 20.8 Å². The first kappa shape index (κ1) is 14.5. The van der Waals surface area contributed by atoms with Crippen LogP contribution in [0.5, 0.6) is 0 Å². The maximum Gasteiger partial charge on any atom is 0.338 e. The van der Waals surface area contributed by atoms with Gasteiger partial charge in [-0.3, -0.25) is 4.79 Å². The Labute approximate surface area is 108 Å². The van der Waals surface area contributed by atoms with Crippen LogP contribution >= 0.6 is 0 Å². The molecule has 0 spiro atoms. The number of carboxylic acid groups (broad SMARTS) is 1. The molecule has 4 nitrogen and oxygen atoms in total. The summed E-state index contributed by atoms with van der Waals surface area (Å²) in [7, 11) is 1.77. The summed E-state index contributed by atoms with van der Waals surface area (Å²) in [5, 5.41) is 9.25. The zero-order valence-corrected chi connectivity index (χ0v) is 11.5. The topological polar surface area (TPSA) is 59.3 Å². The second-order valence-corrected chi connectivity index (χ2v) is 4.95. The Kier molecular flexibility index (Phi) is 4.70. The molecule has 1 heterocycles. The van der Waals surface area contributed by atoms with Gasteiger partial charge in [0.15, 0.2) is 6.29 Å². The van der Waals surface area contributed by atoms with E-state index in [1.54, 1.807) is 11.6 Å². The number of hydrogen-bond acceptors (Lipinski definition) is 2. The van der Waals surface area contributed by atoms with Crippen molar-refractivity contribution >= 4 is 12.3 Å². The van der Waals surface area contributed by atoms with Gasteiger partial charge in [0.25, 0.3) is 0 Å². The summed E-state index contributed by atoms with van der Waals surface area (Å²) in [5.41, 5.74) is 2.23. The maximum atomic E-state index is 11.3. The van der Waals surface area contributed by atoms with E-state index in [4.69, 9.17) is 0 Å². The molecule has 0 bridgehead atoms. The third kappa shape index (κ3) is 2.63. The minimum absolute atomic E-state index is 0.175. The fraction of sp³-hybridized carbons (Fsp3) is 0.571. The van der Waals surface area contributed by atoms with Crippen LogP contribution in [0.25, 0.3) is 0 Å². The van der Waals surface area contributed by atoms with Gasteiger partial charge in [-0.25, -0.2) is 4.79 Å². The normalized spacial score (nSPS) is 10.9. The molecule has 1 N–H and O–H groups in total. The van der Waals surface area contributed by atoms with E-state index in [0.717, 1.165) is 24.1 Å². The van der Waals surface area contributed by atoms with Crippen molar-refractivity contribution in [1.29, 1.82) is 0 Å². The van der Waals surface area contributed by atoms with E-state index in [1.807, 2.05) is 6.92 Å². The van der Waals surface area contributed by atoms with Gasteiger partial charge in [-0.05, 0) is 30.7 Å². The van der Waals surface area contributed by atoms with Crippen molar-refractivity contribution in [2.24, 2.45) is 13.0 Å². The van der Waals surface area contributed by atoms with E-state index >= 15 is 0 Å². The number of rotatable bonds is 6. The lowest BCUT2D eigenvalue weighted by Crippen LogP contribution is -2.04.